The van der Waals surface area contributed by atoms with E-state index in [1.165, 1.54) is 11.4 Å². The zero-order chi connectivity index (χ0) is 39.3. The third-order valence-corrected chi connectivity index (χ3v) is 10.2. The highest BCUT2D eigenvalue weighted by Crippen LogP contribution is 2.22. The van der Waals surface area contributed by atoms with Crippen LogP contribution in [0.5, 0.6) is 0 Å². The molecule has 0 atom stereocenters. The Hall–Kier alpha value is -4.18. The van der Waals surface area contributed by atoms with Crippen molar-refractivity contribution in [3.05, 3.63) is 82.9 Å². The van der Waals surface area contributed by atoms with Crippen molar-refractivity contribution < 1.29 is 20.2 Å². The van der Waals surface area contributed by atoms with Crippen LogP contribution in [0.25, 0.3) is 0 Å². The number of hydrogen-bond acceptors (Lipinski definition) is 14. The number of aliphatic hydroxyl groups excluding tert-OH is 3. The lowest BCUT2D eigenvalue weighted by Gasteiger charge is -2.36. The molecule has 0 bridgehead atoms. The van der Waals surface area contributed by atoms with Gasteiger partial charge in [-0.25, -0.2) is 0 Å². The number of aliphatic imine (C=N–C) groups is 1. The minimum atomic E-state index is -0.378. The number of aliphatic hydroxyl groups is 3. The van der Waals surface area contributed by atoms with Crippen molar-refractivity contribution >= 4 is 51.5 Å². The number of non-ortho nitro benzene ring substituents is 1. The smallest absolute Gasteiger partial charge is 0.269 e. The second-order valence-corrected chi connectivity index (χ2v) is 14.0. The van der Waals surface area contributed by atoms with Crippen LogP contribution >= 0.6 is 12.2 Å². The molecule has 5 N–H and O–H groups in total. The molecule has 0 radical (unpaired) electrons. The number of nitro groups is 1. The number of anilines is 4. The predicted molar refractivity (Wildman–Crippen MR) is 226 cm³/mol. The van der Waals surface area contributed by atoms with E-state index < -0.39 is 0 Å². The summed E-state index contributed by atoms with van der Waals surface area (Å²) >= 11 is 4.59. The molecule has 55 heavy (non-hydrogen) atoms. The van der Waals surface area contributed by atoms with E-state index in [1.807, 2.05) is 36.4 Å². The molecule has 3 fully saturated rings. The first-order valence-electron chi connectivity index (χ1n) is 19.4. The van der Waals surface area contributed by atoms with Crippen molar-refractivity contribution in [2.75, 3.05) is 138 Å². The lowest BCUT2D eigenvalue weighted by Crippen LogP contribution is -2.46. The number of isothiocyanates is 1. The molecule has 300 valence electrons. The van der Waals surface area contributed by atoms with Gasteiger partial charge in [0.25, 0.3) is 5.69 Å². The Morgan fingerprint density at radius 2 is 0.909 bits per heavy atom. The molecular formula is C40H59N9O5S. The van der Waals surface area contributed by atoms with Crippen molar-refractivity contribution in [3.8, 4) is 0 Å². The van der Waals surface area contributed by atoms with Gasteiger partial charge in [0, 0.05) is 153 Å². The summed E-state index contributed by atoms with van der Waals surface area (Å²) in [5, 5.41) is 39.4. The Morgan fingerprint density at radius 1 is 0.582 bits per heavy atom. The number of nitrogen functional groups attached to an aromatic ring is 1. The average molecular weight is 778 g/mol. The van der Waals surface area contributed by atoms with Crippen LogP contribution in [-0.4, -0.2) is 158 Å². The molecule has 3 aliphatic rings. The minimum absolute atomic E-state index is 0.130. The highest BCUT2D eigenvalue weighted by molar-refractivity contribution is 7.78. The van der Waals surface area contributed by atoms with Gasteiger partial charge in [0.05, 0.1) is 15.8 Å². The summed E-state index contributed by atoms with van der Waals surface area (Å²) in [7, 11) is 0. The molecule has 0 spiro atoms. The summed E-state index contributed by atoms with van der Waals surface area (Å²) in [5.74, 6) is 0. The van der Waals surface area contributed by atoms with E-state index in [4.69, 9.17) is 21.1 Å². The topological polar surface area (TPSA) is 162 Å². The SMILES string of the molecule is Nc1ccc(N2CCN(CCCO)CC2)cc1.O=[N+]([O-])c1ccc(N2CCN(CCCO)CC2)cc1.OCCCN1CCN(c2ccc(N=C=S)cc2)CC1. The van der Waals surface area contributed by atoms with E-state index in [2.05, 4.69) is 76.0 Å². The third kappa shape index (κ3) is 15.1. The molecule has 0 amide bonds. The van der Waals surface area contributed by atoms with Gasteiger partial charge in [-0.2, -0.15) is 4.99 Å². The quantitative estimate of drug-likeness (QED) is 0.0616. The number of nitrogens with zero attached hydrogens (tertiary/aromatic N) is 8. The average Bonchev–Trinajstić information content (AvgIpc) is 3.23. The van der Waals surface area contributed by atoms with E-state index in [0.717, 1.165) is 134 Å². The van der Waals surface area contributed by atoms with Gasteiger partial charge in [0.2, 0.25) is 0 Å². The largest absolute Gasteiger partial charge is 0.399 e. The van der Waals surface area contributed by atoms with E-state index in [-0.39, 0.29) is 30.4 Å². The van der Waals surface area contributed by atoms with Gasteiger partial charge < -0.3 is 35.8 Å². The number of benzene rings is 3. The summed E-state index contributed by atoms with van der Waals surface area (Å²) in [4.78, 5) is 28.3. The number of thiocarbonyl (C=S) groups is 1. The first-order chi connectivity index (χ1) is 26.8. The lowest BCUT2D eigenvalue weighted by molar-refractivity contribution is -0.384. The second kappa shape index (κ2) is 24.4. The van der Waals surface area contributed by atoms with Crippen molar-refractivity contribution in [1.29, 1.82) is 0 Å². The van der Waals surface area contributed by atoms with E-state index >= 15 is 0 Å². The zero-order valence-corrected chi connectivity index (χ0v) is 32.8. The number of piperazine rings is 3. The van der Waals surface area contributed by atoms with E-state index in [9.17, 15) is 10.1 Å². The maximum Gasteiger partial charge on any atom is 0.269 e. The Labute approximate surface area is 331 Å². The fourth-order valence-corrected chi connectivity index (χ4v) is 6.94. The highest BCUT2D eigenvalue weighted by atomic mass is 32.1. The van der Waals surface area contributed by atoms with Crippen molar-refractivity contribution in [2.24, 2.45) is 4.99 Å². The Bertz CT molecular complexity index is 1490. The van der Waals surface area contributed by atoms with E-state index in [1.54, 1.807) is 12.1 Å². The molecule has 3 aromatic rings. The molecule has 0 saturated carbocycles. The third-order valence-electron chi connectivity index (χ3n) is 10.1. The monoisotopic (exact) mass is 777 g/mol. The molecule has 3 aliphatic heterocycles. The summed E-state index contributed by atoms with van der Waals surface area (Å²) in [6, 6.07) is 22.9. The Kier molecular flexibility index (Phi) is 19.3. The molecule has 6 rings (SSSR count). The van der Waals surface area contributed by atoms with Gasteiger partial charge in [0.15, 0.2) is 0 Å². The number of rotatable bonds is 14. The maximum atomic E-state index is 10.6. The molecular weight excluding hydrogens is 719 g/mol. The van der Waals surface area contributed by atoms with Gasteiger partial charge in [-0.1, -0.05) is 0 Å². The molecule has 15 heteroatoms. The minimum Gasteiger partial charge on any atom is -0.399 e. The first kappa shape index (κ1) is 43.5. The van der Waals surface area contributed by atoms with Crippen molar-refractivity contribution in [1.82, 2.24) is 14.7 Å². The van der Waals surface area contributed by atoms with Crippen LogP contribution in [0.3, 0.4) is 0 Å². The van der Waals surface area contributed by atoms with Crippen LogP contribution in [0, 0.1) is 10.1 Å². The molecule has 0 aliphatic carbocycles. The molecule has 0 aromatic heterocycles. The number of hydrogen-bond donors (Lipinski definition) is 4. The van der Waals surface area contributed by atoms with Crippen molar-refractivity contribution in [3.63, 3.8) is 0 Å². The first-order valence-corrected chi connectivity index (χ1v) is 19.8. The number of nitro benzene ring substituents is 1. The fourth-order valence-electron chi connectivity index (χ4n) is 6.83. The molecule has 3 saturated heterocycles. The highest BCUT2D eigenvalue weighted by Gasteiger charge is 2.19. The van der Waals surface area contributed by atoms with Crippen LogP contribution in [0.2, 0.25) is 0 Å². The lowest BCUT2D eigenvalue weighted by atomic mass is 10.2. The summed E-state index contributed by atoms with van der Waals surface area (Å²) < 4.78 is 0. The summed E-state index contributed by atoms with van der Waals surface area (Å²) in [6.45, 7) is 15.9. The van der Waals surface area contributed by atoms with Gasteiger partial charge in [0.1, 0.15) is 0 Å². The Morgan fingerprint density at radius 3 is 1.22 bits per heavy atom. The van der Waals surface area contributed by atoms with Crippen LogP contribution in [0.4, 0.5) is 34.1 Å². The van der Waals surface area contributed by atoms with Crippen molar-refractivity contribution in [2.45, 2.75) is 19.3 Å². The van der Waals surface area contributed by atoms with Gasteiger partial charge >= 0.3 is 0 Å². The maximum absolute atomic E-state index is 10.6. The Balaban J connectivity index is 0.000000184. The van der Waals surface area contributed by atoms with Gasteiger partial charge in [-0.15, -0.1) is 0 Å². The molecule has 3 heterocycles. The zero-order valence-electron chi connectivity index (χ0n) is 32.0. The van der Waals surface area contributed by atoms with Crippen LogP contribution in [0.15, 0.2) is 77.8 Å². The van der Waals surface area contributed by atoms with Crippen LogP contribution < -0.4 is 20.4 Å². The number of nitrogens with two attached hydrogens (primary N) is 1. The summed E-state index contributed by atoms with van der Waals surface area (Å²) in [6.07, 6.45) is 2.56. The molecule has 14 nitrogen and oxygen atoms in total. The second-order valence-electron chi connectivity index (χ2n) is 13.8. The van der Waals surface area contributed by atoms with Crippen LogP contribution in [0.1, 0.15) is 19.3 Å². The normalized spacial score (nSPS) is 16.7. The fraction of sp³-hybridized carbons (Fsp3) is 0.525. The molecule has 3 aromatic carbocycles. The standard InChI is InChI=1S/C14H19N3OS.C13H19N3O3.C13H21N3O/c18-11-1-6-16-7-9-17(10-8-16)14-4-2-13(3-5-14)15-12-19;17-11-1-6-14-7-9-15(10-8-14)12-2-4-13(5-3-12)16(18)19;14-12-2-4-13(5-3-12)16-9-7-15(8-10-16)6-1-11-17/h2-5,18H,1,6-11H2;2-5,17H,1,6-11H2;2-5,17H,1,6-11,14H2. The predicted octanol–water partition coefficient (Wildman–Crippen LogP) is 3.80. The van der Waals surface area contributed by atoms with E-state index in [0.29, 0.717) is 0 Å². The van der Waals surface area contributed by atoms with Gasteiger partial charge in [-0.05, 0) is 92.1 Å². The van der Waals surface area contributed by atoms with Gasteiger partial charge in [-0.3, -0.25) is 24.8 Å². The van der Waals surface area contributed by atoms with Crippen LogP contribution in [-0.2, 0) is 0 Å². The summed E-state index contributed by atoms with van der Waals surface area (Å²) in [5.41, 5.74) is 11.0. The molecule has 0 unspecified atom stereocenters.